The number of nitrogens with zero attached hydrogens (tertiary/aromatic N) is 3. The van der Waals surface area contributed by atoms with Crippen LogP contribution < -0.4 is 20.1 Å². The highest BCUT2D eigenvalue weighted by Crippen LogP contribution is 2.27. The van der Waals surface area contributed by atoms with Crippen LogP contribution in [-0.4, -0.2) is 63.7 Å². The number of benzene rings is 2. The second-order valence-corrected chi connectivity index (χ2v) is 8.85. The number of carbonyl (C=O) groups excluding carboxylic acids is 2. The number of rotatable bonds is 10. The van der Waals surface area contributed by atoms with E-state index in [1.165, 1.54) is 6.92 Å². The molecule has 0 saturated heterocycles. The van der Waals surface area contributed by atoms with Gasteiger partial charge >= 0.3 is 5.97 Å². The number of aromatic hydroxyl groups is 1. The normalized spacial score (nSPS) is 12.3. The van der Waals surface area contributed by atoms with Gasteiger partial charge in [-0.1, -0.05) is 25.1 Å². The zero-order chi connectivity index (χ0) is 28.8. The smallest absolute Gasteiger partial charge is 0.308 e. The fraction of sp³-hybridized carbons (Fsp3) is 0.214. The van der Waals surface area contributed by atoms with E-state index in [9.17, 15) is 19.5 Å². The molecular formula is C28H27N5O7. The van der Waals surface area contributed by atoms with E-state index in [2.05, 4.69) is 20.6 Å². The Labute approximate surface area is 229 Å². The number of fused-ring (bicyclic) bond motifs is 1. The van der Waals surface area contributed by atoms with Crippen molar-refractivity contribution in [2.45, 2.75) is 13.0 Å². The Kier molecular flexibility index (Phi) is 8.38. The van der Waals surface area contributed by atoms with Gasteiger partial charge in [-0.2, -0.15) is 4.98 Å². The second-order valence-electron chi connectivity index (χ2n) is 8.85. The molecule has 2 atom stereocenters. The van der Waals surface area contributed by atoms with Crippen LogP contribution in [0.3, 0.4) is 0 Å². The molecule has 2 heterocycles. The Balaban J connectivity index is 1.61. The average molecular weight is 546 g/mol. The van der Waals surface area contributed by atoms with Crippen molar-refractivity contribution in [2.24, 2.45) is 5.92 Å². The molecule has 206 valence electrons. The summed E-state index contributed by atoms with van der Waals surface area (Å²) in [5.41, 5.74) is 1.64. The maximum Gasteiger partial charge on any atom is 0.308 e. The van der Waals surface area contributed by atoms with Crippen molar-refractivity contribution in [3.05, 3.63) is 83.4 Å². The van der Waals surface area contributed by atoms with E-state index in [1.807, 2.05) is 18.2 Å². The van der Waals surface area contributed by atoms with Gasteiger partial charge in [0.15, 0.2) is 0 Å². The fourth-order valence-electron chi connectivity index (χ4n) is 3.79. The average Bonchev–Trinajstić information content (AvgIpc) is 2.97. The molecule has 4 aromatic rings. The lowest BCUT2D eigenvalue weighted by Crippen LogP contribution is -2.33. The summed E-state index contributed by atoms with van der Waals surface area (Å²) in [6.45, 7) is 1.27. The van der Waals surface area contributed by atoms with E-state index < -0.39 is 41.4 Å². The first-order valence-corrected chi connectivity index (χ1v) is 12.2. The highest BCUT2D eigenvalue weighted by Gasteiger charge is 2.24. The Bertz CT molecular complexity index is 1560. The molecule has 2 unspecified atom stereocenters. The van der Waals surface area contributed by atoms with E-state index in [0.717, 1.165) is 11.6 Å². The summed E-state index contributed by atoms with van der Waals surface area (Å²) in [7, 11) is 3.13. The Hall–Kier alpha value is -5.26. The molecule has 4 N–H and O–H groups in total. The van der Waals surface area contributed by atoms with Crippen LogP contribution in [0.5, 0.6) is 17.4 Å². The van der Waals surface area contributed by atoms with Gasteiger partial charge in [0.1, 0.15) is 17.1 Å². The Morgan fingerprint density at radius 2 is 1.62 bits per heavy atom. The molecular weight excluding hydrogens is 518 g/mol. The number of carboxylic acids is 1. The van der Waals surface area contributed by atoms with E-state index in [1.54, 1.807) is 50.6 Å². The number of hydrogen-bond acceptors (Lipinski definition) is 9. The van der Waals surface area contributed by atoms with Gasteiger partial charge in [0.05, 0.1) is 37.4 Å². The molecule has 0 aliphatic rings. The third-order valence-corrected chi connectivity index (χ3v) is 6.14. The van der Waals surface area contributed by atoms with E-state index in [-0.39, 0.29) is 12.1 Å². The van der Waals surface area contributed by atoms with Gasteiger partial charge in [0.2, 0.25) is 11.7 Å². The van der Waals surface area contributed by atoms with Crippen LogP contribution >= 0.6 is 0 Å². The predicted octanol–water partition coefficient (Wildman–Crippen LogP) is 2.72. The quantitative estimate of drug-likeness (QED) is 0.232. The van der Waals surface area contributed by atoms with E-state index in [0.29, 0.717) is 28.3 Å². The fourth-order valence-corrected chi connectivity index (χ4v) is 3.79. The Morgan fingerprint density at radius 1 is 0.925 bits per heavy atom. The summed E-state index contributed by atoms with van der Waals surface area (Å²) in [5, 5.41) is 25.5. The minimum Gasteiger partial charge on any atom is -0.497 e. The molecule has 12 heteroatoms. The topological polar surface area (TPSA) is 173 Å². The monoisotopic (exact) mass is 545 g/mol. The van der Waals surface area contributed by atoms with Crippen LogP contribution in [0, 0.1) is 5.92 Å². The lowest BCUT2D eigenvalue weighted by atomic mass is 10.0. The van der Waals surface area contributed by atoms with Gasteiger partial charge in [-0.15, -0.1) is 0 Å². The van der Waals surface area contributed by atoms with Crippen molar-refractivity contribution in [1.82, 2.24) is 25.6 Å². The summed E-state index contributed by atoms with van der Waals surface area (Å²) < 4.78 is 10.5. The molecule has 2 aromatic carbocycles. The van der Waals surface area contributed by atoms with Gasteiger partial charge in [-0.25, -0.2) is 4.98 Å². The molecule has 2 aromatic heterocycles. The maximum absolute atomic E-state index is 13.3. The molecule has 0 aliphatic carbocycles. The zero-order valence-corrected chi connectivity index (χ0v) is 21.9. The lowest BCUT2D eigenvalue weighted by Gasteiger charge is -2.20. The zero-order valence-electron chi connectivity index (χ0n) is 21.9. The van der Waals surface area contributed by atoms with Crippen molar-refractivity contribution >= 4 is 28.7 Å². The standard InChI is InChI=1S/C28H27N5O7/c1-15(28(37)38)13-30-27(36)24-29-14-20(26(35)33-24)25(34)32-23(16-4-7-18(39-2)8-5-16)22-10-6-17-12-19(40-3)9-11-21(17)31-22/h4-12,14-15,23H,13H2,1-3H3,(H,30,36)(H,32,34)(H,37,38)(H,29,33,35). The van der Waals surface area contributed by atoms with Crippen molar-refractivity contribution in [1.29, 1.82) is 0 Å². The van der Waals surface area contributed by atoms with Gasteiger partial charge < -0.3 is 30.3 Å². The van der Waals surface area contributed by atoms with Gasteiger partial charge in [-0.3, -0.25) is 19.4 Å². The number of aliphatic carboxylic acids is 1. The van der Waals surface area contributed by atoms with Crippen LogP contribution in [-0.2, 0) is 4.79 Å². The summed E-state index contributed by atoms with van der Waals surface area (Å²) in [5.74, 6) is -3.21. The number of pyridine rings is 1. The molecule has 0 bridgehead atoms. The third-order valence-electron chi connectivity index (χ3n) is 6.14. The maximum atomic E-state index is 13.3. The molecule has 12 nitrogen and oxygen atoms in total. The number of amides is 2. The van der Waals surface area contributed by atoms with Crippen molar-refractivity contribution in [3.8, 4) is 17.4 Å². The highest BCUT2D eigenvalue weighted by atomic mass is 16.5. The number of carbonyl (C=O) groups is 3. The second kappa shape index (κ2) is 12.1. The summed E-state index contributed by atoms with van der Waals surface area (Å²) in [4.78, 5) is 48.9. The first-order valence-electron chi connectivity index (χ1n) is 12.2. The molecule has 0 saturated carbocycles. The summed E-state index contributed by atoms with van der Waals surface area (Å²) >= 11 is 0. The Morgan fingerprint density at radius 3 is 2.27 bits per heavy atom. The number of carboxylic acid groups (broad SMARTS) is 1. The van der Waals surface area contributed by atoms with Gasteiger partial charge in [0, 0.05) is 18.1 Å². The van der Waals surface area contributed by atoms with Crippen molar-refractivity contribution in [3.63, 3.8) is 0 Å². The molecule has 0 radical (unpaired) electrons. The molecule has 0 fully saturated rings. The molecule has 4 rings (SSSR count). The largest absolute Gasteiger partial charge is 0.497 e. The van der Waals surface area contributed by atoms with Crippen molar-refractivity contribution < 1.29 is 34.1 Å². The predicted molar refractivity (Wildman–Crippen MR) is 143 cm³/mol. The van der Waals surface area contributed by atoms with Crippen LogP contribution in [0.4, 0.5) is 0 Å². The first-order chi connectivity index (χ1) is 19.2. The molecule has 2 amide bonds. The molecule has 40 heavy (non-hydrogen) atoms. The minimum absolute atomic E-state index is 0.157. The molecule has 0 spiro atoms. The SMILES string of the molecule is COc1ccc(C(NC(=O)c2cnc(C(=O)NCC(C)C(=O)O)nc2O)c2ccc3cc(OC)ccc3n2)cc1. The van der Waals surface area contributed by atoms with Crippen LogP contribution in [0.1, 0.15) is 45.2 Å². The molecule has 0 aliphatic heterocycles. The minimum atomic E-state index is -1.08. The lowest BCUT2D eigenvalue weighted by molar-refractivity contribution is -0.140. The first kappa shape index (κ1) is 27.8. The van der Waals surface area contributed by atoms with E-state index >= 15 is 0 Å². The van der Waals surface area contributed by atoms with Crippen LogP contribution in [0.15, 0.2) is 60.8 Å². The summed E-state index contributed by atoms with van der Waals surface area (Å²) in [6.07, 6.45) is 1.03. The van der Waals surface area contributed by atoms with Crippen molar-refractivity contribution in [2.75, 3.05) is 20.8 Å². The number of aromatic nitrogens is 3. The van der Waals surface area contributed by atoms with E-state index in [4.69, 9.17) is 19.6 Å². The van der Waals surface area contributed by atoms with Gasteiger partial charge in [-0.05, 0) is 42.0 Å². The number of methoxy groups -OCH3 is 2. The van der Waals surface area contributed by atoms with Crippen LogP contribution in [0.2, 0.25) is 0 Å². The highest BCUT2D eigenvalue weighted by molar-refractivity contribution is 5.97. The van der Waals surface area contributed by atoms with Crippen LogP contribution in [0.25, 0.3) is 10.9 Å². The number of nitrogens with one attached hydrogen (secondary N) is 2. The van der Waals surface area contributed by atoms with Gasteiger partial charge in [0.25, 0.3) is 11.8 Å². The number of ether oxygens (including phenoxy) is 2. The third kappa shape index (κ3) is 6.23. The summed E-state index contributed by atoms with van der Waals surface area (Å²) in [6, 6.07) is 15.4. The number of hydrogen-bond donors (Lipinski definition) is 4.